The van der Waals surface area contributed by atoms with Crippen molar-refractivity contribution in [2.75, 3.05) is 17.2 Å². The number of aryl methyl sites for hydroxylation is 1. The predicted octanol–water partition coefficient (Wildman–Crippen LogP) is 4.80. The van der Waals surface area contributed by atoms with Gasteiger partial charge in [0.2, 0.25) is 11.8 Å². The van der Waals surface area contributed by atoms with Crippen molar-refractivity contribution >= 4 is 40.2 Å². The van der Waals surface area contributed by atoms with Crippen LogP contribution in [0, 0.1) is 17.6 Å². The molecule has 0 aliphatic carbocycles. The molecule has 32 heavy (non-hydrogen) atoms. The average molecular weight is 458 g/mol. The highest BCUT2D eigenvalue weighted by atomic mass is 32.2. The molecule has 1 unspecified atom stereocenters. The molecule has 4 rings (SSSR count). The van der Waals surface area contributed by atoms with E-state index in [0.717, 1.165) is 45.4 Å². The topological polar surface area (TPSA) is 54.3 Å². The number of carbonyl (C=O) groups excluding carboxylic acids is 2. The summed E-state index contributed by atoms with van der Waals surface area (Å²) in [7, 11) is 1.88. The van der Waals surface area contributed by atoms with Crippen LogP contribution in [0.2, 0.25) is 0 Å². The lowest BCUT2D eigenvalue weighted by atomic mass is 10.0. The van der Waals surface area contributed by atoms with E-state index in [4.69, 9.17) is 0 Å². The molecule has 0 saturated heterocycles. The van der Waals surface area contributed by atoms with Gasteiger partial charge in [0, 0.05) is 36.1 Å². The van der Waals surface area contributed by atoms with E-state index < -0.39 is 29.5 Å². The first kappa shape index (κ1) is 22.3. The Labute approximate surface area is 189 Å². The summed E-state index contributed by atoms with van der Waals surface area (Å²) in [5.74, 6) is -1.92. The molecule has 2 aromatic carbocycles. The Morgan fingerprint density at radius 2 is 1.97 bits per heavy atom. The zero-order chi connectivity index (χ0) is 23.0. The normalized spacial score (nSPS) is 16.4. The lowest BCUT2D eigenvalue weighted by molar-refractivity contribution is -0.125. The van der Waals surface area contributed by atoms with Gasteiger partial charge in [-0.2, -0.15) is 0 Å². The fourth-order valence-corrected chi connectivity index (χ4v) is 5.15. The van der Waals surface area contributed by atoms with Gasteiger partial charge in [-0.3, -0.25) is 14.5 Å². The number of amides is 2. The van der Waals surface area contributed by atoms with Gasteiger partial charge in [0.15, 0.2) is 0 Å². The molecule has 0 fully saturated rings. The molecule has 0 spiro atoms. The van der Waals surface area contributed by atoms with Crippen molar-refractivity contribution in [3.8, 4) is 0 Å². The Morgan fingerprint density at radius 1 is 1.22 bits per heavy atom. The van der Waals surface area contributed by atoms with Crippen LogP contribution in [0.5, 0.6) is 0 Å². The third-order valence-electron chi connectivity index (χ3n) is 5.66. The predicted molar refractivity (Wildman–Crippen MR) is 123 cm³/mol. The van der Waals surface area contributed by atoms with Crippen LogP contribution in [0.15, 0.2) is 47.5 Å². The van der Waals surface area contributed by atoms with Crippen LogP contribution in [0.25, 0.3) is 10.9 Å². The lowest BCUT2D eigenvalue weighted by Crippen LogP contribution is -2.44. The minimum atomic E-state index is -1.12. The van der Waals surface area contributed by atoms with Crippen molar-refractivity contribution in [2.24, 2.45) is 13.0 Å². The van der Waals surface area contributed by atoms with Crippen LogP contribution in [0.3, 0.4) is 0 Å². The number of rotatable bonds is 5. The first-order valence-electron chi connectivity index (χ1n) is 10.5. The number of anilines is 1. The number of fused-ring (bicyclic) bond motifs is 3. The number of thioether (sulfide) groups is 1. The highest BCUT2D eigenvalue weighted by Gasteiger charge is 2.40. The number of para-hydroxylation sites is 1. The molecule has 1 atom stereocenters. The lowest BCUT2D eigenvalue weighted by Gasteiger charge is -2.30. The first-order chi connectivity index (χ1) is 15.3. The Kier molecular flexibility index (Phi) is 6.24. The monoisotopic (exact) mass is 457 g/mol. The SMILES string of the molecule is CC(C)CCNC(=O)C1c2c(n(C)c3ccccc23)SCC(=O)N1c1cc(F)ccc1F. The maximum Gasteiger partial charge on any atom is 0.247 e. The van der Waals surface area contributed by atoms with Crippen LogP contribution < -0.4 is 10.2 Å². The molecule has 1 aliphatic heterocycles. The molecule has 2 heterocycles. The molecule has 0 bridgehead atoms. The molecule has 8 heteroatoms. The summed E-state index contributed by atoms with van der Waals surface area (Å²) >= 11 is 1.30. The molecule has 2 amide bonds. The number of hydrogen-bond donors (Lipinski definition) is 1. The van der Waals surface area contributed by atoms with Gasteiger partial charge in [-0.15, -0.1) is 0 Å². The Balaban J connectivity index is 1.92. The number of hydrogen-bond acceptors (Lipinski definition) is 3. The number of halogens is 2. The van der Waals surface area contributed by atoms with Crippen molar-refractivity contribution in [3.05, 3.63) is 59.7 Å². The van der Waals surface area contributed by atoms with Crippen LogP contribution in [0.4, 0.5) is 14.5 Å². The number of nitrogens with zero attached hydrogens (tertiary/aromatic N) is 2. The molecular formula is C24H25F2N3O2S. The largest absolute Gasteiger partial charge is 0.354 e. The molecule has 3 aromatic rings. The molecule has 5 nitrogen and oxygen atoms in total. The molecule has 0 radical (unpaired) electrons. The van der Waals surface area contributed by atoms with E-state index in [9.17, 15) is 18.4 Å². The van der Waals surface area contributed by atoms with Crippen molar-refractivity contribution < 1.29 is 18.4 Å². The minimum absolute atomic E-state index is 0.00287. The standard InChI is InChI=1S/C24H25F2N3O2S/c1-14(2)10-11-27-23(31)22-21-16-6-4-5-7-18(16)28(3)24(21)32-13-20(30)29(22)19-12-15(25)8-9-17(19)26/h4-9,12,14,22H,10-11,13H2,1-3H3,(H,27,31). The Hall–Kier alpha value is -2.87. The zero-order valence-corrected chi connectivity index (χ0v) is 19.0. The summed E-state index contributed by atoms with van der Waals surface area (Å²) < 4.78 is 30.9. The van der Waals surface area contributed by atoms with Gasteiger partial charge in [0.25, 0.3) is 0 Å². The van der Waals surface area contributed by atoms with E-state index in [2.05, 4.69) is 19.2 Å². The third-order valence-corrected chi connectivity index (χ3v) is 6.82. The van der Waals surface area contributed by atoms with Crippen molar-refractivity contribution in [1.29, 1.82) is 0 Å². The zero-order valence-electron chi connectivity index (χ0n) is 18.2. The van der Waals surface area contributed by atoms with Crippen LogP contribution in [0.1, 0.15) is 31.9 Å². The first-order valence-corrected chi connectivity index (χ1v) is 11.5. The molecular weight excluding hydrogens is 432 g/mol. The van der Waals surface area contributed by atoms with Gasteiger partial charge in [0.05, 0.1) is 16.5 Å². The fourth-order valence-electron chi connectivity index (χ4n) is 4.08. The van der Waals surface area contributed by atoms with E-state index in [0.29, 0.717) is 18.0 Å². The number of carbonyl (C=O) groups is 2. The summed E-state index contributed by atoms with van der Waals surface area (Å²) in [6.45, 7) is 4.53. The summed E-state index contributed by atoms with van der Waals surface area (Å²) in [6, 6.07) is 9.42. The van der Waals surface area contributed by atoms with E-state index >= 15 is 0 Å². The molecule has 0 saturated carbocycles. The molecule has 168 valence electrons. The van der Waals surface area contributed by atoms with E-state index in [1.807, 2.05) is 35.9 Å². The minimum Gasteiger partial charge on any atom is -0.354 e. The average Bonchev–Trinajstić information content (AvgIpc) is 2.93. The number of benzene rings is 2. The Bertz CT molecular complexity index is 1190. The van der Waals surface area contributed by atoms with Gasteiger partial charge < -0.3 is 9.88 Å². The van der Waals surface area contributed by atoms with Gasteiger partial charge in [-0.1, -0.05) is 43.8 Å². The van der Waals surface area contributed by atoms with Crippen LogP contribution in [-0.4, -0.2) is 28.7 Å². The Morgan fingerprint density at radius 3 is 2.72 bits per heavy atom. The van der Waals surface area contributed by atoms with Gasteiger partial charge in [-0.05, 0) is 30.5 Å². The molecule has 1 aromatic heterocycles. The molecule has 1 aliphatic rings. The number of nitrogens with one attached hydrogen (secondary N) is 1. The second-order valence-electron chi connectivity index (χ2n) is 8.32. The van der Waals surface area contributed by atoms with Crippen molar-refractivity contribution in [2.45, 2.75) is 31.3 Å². The maximum atomic E-state index is 14.8. The van der Waals surface area contributed by atoms with E-state index in [-0.39, 0.29) is 11.4 Å². The van der Waals surface area contributed by atoms with E-state index in [1.54, 1.807) is 0 Å². The molecule has 1 N–H and O–H groups in total. The van der Waals surface area contributed by atoms with Crippen LogP contribution >= 0.6 is 11.8 Å². The van der Waals surface area contributed by atoms with Gasteiger partial charge >= 0.3 is 0 Å². The highest BCUT2D eigenvalue weighted by molar-refractivity contribution is 8.00. The quantitative estimate of drug-likeness (QED) is 0.599. The van der Waals surface area contributed by atoms with Crippen molar-refractivity contribution in [1.82, 2.24) is 9.88 Å². The second kappa shape index (κ2) is 8.94. The summed E-state index contributed by atoms with van der Waals surface area (Å²) in [4.78, 5) is 27.9. The second-order valence-corrected chi connectivity index (χ2v) is 9.28. The number of aromatic nitrogens is 1. The fraction of sp³-hybridized carbons (Fsp3) is 0.333. The van der Waals surface area contributed by atoms with Gasteiger partial charge in [-0.25, -0.2) is 8.78 Å². The summed E-state index contributed by atoms with van der Waals surface area (Å²) in [5, 5.41) is 4.48. The maximum absolute atomic E-state index is 14.8. The van der Waals surface area contributed by atoms with E-state index in [1.165, 1.54) is 11.8 Å². The van der Waals surface area contributed by atoms with Crippen molar-refractivity contribution in [3.63, 3.8) is 0 Å². The third kappa shape index (κ3) is 3.99. The van der Waals surface area contributed by atoms with Gasteiger partial charge in [0.1, 0.15) is 17.7 Å². The van der Waals surface area contributed by atoms with Crippen LogP contribution in [-0.2, 0) is 16.6 Å². The summed E-state index contributed by atoms with van der Waals surface area (Å²) in [5.41, 5.74) is 1.30. The smallest absolute Gasteiger partial charge is 0.247 e. The highest BCUT2D eigenvalue weighted by Crippen LogP contribution is 2.43. The summed E-state index contributed by atoms with van der Waals surface area (Å²) in [6.07, 6.45) is 0.762.